The van der Waals surface area contributed by atoms with Crippen LogP contribution in [0, 0.1) is 0 Å². The van der Waals surface area contributed by atoms with Crippen molar-refractivity contribution < 1.29 is 0 Å². The molecule has 0 bridgehead atoms. The molecule has 2 heteroatoms. The second kappa shape index (κ2) is 6.72. The van der Waals surface area contributed by atoms with Crippen molar-refractivity contribution in [1.29, 1.82) is 0 Å². The van der Waals surface area contributed by atoms with E-state index in [0.29, 0.717) is 5.92 Å². The van der Waals surface area contributed by atoms with Gasteiger partial charge in [-0.1, -0.05) is 65.3 Å². The SMILES string of the molecule is CC(CNCc1cccc(Br)c1)c1ccccc1. The van der Waals surface area contributed by atoms with Crippen molar-refractivity contribution in [1.82, 2.24) is 5.32 Å². The summed E-state index contributed by atoms with van der Waals surface area (Å²) in [5.74, 6) is 0.540. The maximum Gasteiger partial charge on any atom is 0.0206 e. The van der Waals surface area contributed by atoms with Crippen LogP contribution in [0.25, 0.3) is 0 Å². The monoisotopic (exact) mass is 303 g/mol. The zero-order chi connectivity index (χ0) is 12.8. The molecule has 2 rings (SSSR count). The van der Waals surface area contributed by atoms with Gasteiger partial charge in [0.2, 0.25) is 0 Å². The molecule has 0 aliphatic carbocycles. The topological polar surface area (TPSA) is 12.0 Å². The Hall–Kier alpha value is -1.12. The van der Waals surface area contributed by atoms with Gasteiger partial charge in [-0.2, -0.15) is 0 Å². The molecule has 2 aromatic rings. The van der Waals surface area contributed by atoms with Gasteiger partial charge in [-0.05, 0) is 29.2 Å². The summed E-state index contributed by atoms with van der Waals surface area (Å²) in [5.41, 5.74) is 2.70. The second-order valence-electron chi connectivity index (χ2n) is 4.57. The van der Waals surface area contributed by atoms with Crippen LogP contribution in [0.15, 0.2) is 59.1 Å². The van der Waals surface area contributed by atoms with Crippen LogP contribution in [0.2, 0.25) is 0 Å². The lowest BCUT2D eigenvalue weighted by molar-refractivity contribution is 0.615. The number of hydrogen-bond donors (Lipinski definition) is 1. The predicted octanol–water partition coefficient (Wildman–Crippen LogP) is 4.34. The highest BCUT2D eigenvalue weighted by Gasteiger charge is 2.03. The van der Waals surface area contributed by atoms with E-state index in [0.717, 1.165) is 17.6 Å². The maximum absolute atomic E-state index is 3.51. The van der Waals surface area contributed by atoms with Gasteiger partial charge >= 0.3 is 0 Å². The first-order valence-corrected chi connectivity index (χ1v) is 7.05. The molecule has 0 radical (unpaired) electrons. The minimum atomic E-state index is 0.540. The summed E-state index contributed by atoms with van der Waals surface area (Å²) in [6.07, 6.45) is 0. The van der Waals surface area contributed by atoms with E-state index in [-0.39, 0.29) is 0 Å². The third-order valence-electron chi connectivity index (χ3n) is 3.04. The molecule has 0 aliphatic rings. The zero-order valence-electron chi connectivity index (χ0n) is 10.6. The highest BCUT2D eigenvalue weighted by atomic mass is 79.9. The van der Waals surface area contributed by atoms with Crippen LogP contribution >= 0.6 is 15.9 Å². The predicted molar refractivity (Wildman–Crippen MR) is 80.7 cm³/mol. The molecule has 0 amide bonds. The standard InChI is InChI=1S/C16H18BrN/c1-13(15-7-3-2-4-8-15)11-18-12-14-6-5-9-16(17)10-14/h2-10,13,18H,11-12H2,1H3. The number of benzene rings is 2. The van der Waals surface area contributed by atoms with Crippen molar-refractivity contribution in [3.8, 4) is 0 Å². The molecule has 0 saturated carbocycles. The molecule has 0 fully saturated rings. The molecule has 0 aliphatic heterocycles. The Balaban J connectivity index is 1.82. The summed E-state index contributed by atoms with van der Waals surface area (Å²) in [6, 6.07) is 19.0. The lowest BCUT2D eigenvalue weighted by Crippen LogP contribution is -2.19. The largest absolute Gasteiger partial charge is 0.312 e. The van der Waals surface area contributed by atoms with E-state index in [1.165, 1.54) is 11.1 Å². The summed E-state index contributed by atoms with van der Waals surface area (Å²) in [4.78, 5) is 0. The van der Waals surface area contributed by atoms with Crippen molar-refractivity contribution in [2.75, 3.05) is 6.54 Å². The third kappa shape index (κ3) is 3.97. The van der Waals surface area contributed by atoms with Gasteiger partial charge < -0.3 is 5.32 Å². The Morgan fingerprint density at radius 3 is 2.56 bits per heavy atom. The van der Waals surface area contributed by atoms with Crippen molar-refractivity contribution in [3.05, 3.63) is 70.2 Å². The molecule has 2 aromatic carbocycles. The molecule has 1 N–H and O–H groups in total. The fourth-order valence-electron chi connectivity index (χ4n) is 1.98. The minimum absolute atomic E-state index is 0.540. The van der Waals surface area contributed by atoms with Gasteiger partial charge in [-0.3, -0.25) is 0 Å². The van der Waals surface area contributed by atoms with Crippen molar-refractivity contribution >= 4 is 15.9 Å². The Kier molecular flexibility index (Phi) is 4.97. The highest BCUT2D eigenvalue weighted by Crippen LogP contribution is 2.14. The second-order valence-corrected chi connectivity index (χ2v) is 5.49. The molecule has 0 heterocycles. The van der Waals surface area contributed by atoms with Crippen LogP contribution in [0.3, 0.4) is 0 Å². The van der Waals surface area contributed by atoms with E-state index < -0.39 is 0 Å². The van der Waals surface area contributed by atoms with Crippen molar-refractivity contribution in [2.45, 2.75) is 19.4 Å². The van der Waals surface area contributed by atoms with Crippen LogP contribution < -0.4 is 5.32 Å². The lowest BCUT2D eigenvalue weighted by atomic mass is 10.0. The fraction of sp³-hybridized carbons (Fsp3) is 0.250. The van der Waals surface area contributed by atoms with Gasteiger partial charge in [-0.25, -0.2) is 0 Å². The molecule has 1 unspecified atom stereocenters. The van der Waals surface area contributed by atoms with Crippen molar-refractivity contribution in [2.24, 2.45) is 0 Å². The average molecular weight is 304 g/mol. The Labute approximate surface area is 117 Å². The van der Waals surface area contributed by atoms with Gasteiger partial charge in [0.05, 0.1) is 0 Å². The van der Waals surface area contributed by atoms with Crippen molar-refractivity contribution in [3.63, 3.8) is 0 Å². The molecule has 18 heavy (non-hydrogen) atoms. The highest BCUT2D eigenvalue weighted by molar-refractivity contribution is 9.10. The van der Waals surface area contributed by atoms with Crippen LogP contribution in [0.4, 0.5) is 0 Å². The van der Waals surface area contributed by atoms with Gasteiger partial charge in [-0.15, -0.1) is 0 Å². The molecular weight excluding hydrogens is 286 g/mol. The fourth-order valence-corrected chi connectivity index (χ4v) is 2.43. The molecule has 0 spiro atoms. The van der Waals surface area contributed by atoms with E-state index >= 15 is 0 Å². The smallest absolute Gasteiger partial charge is 0.0206 e. The van der Waals surface area contributed by atoms with E-state index in [1.54, 1.807) is 0 Å². The molecular formula is C16H18BrN. The van der Waals surface area contributed by atoms with E-state index in [4.69, 9.17) is 0 Å². The maximum atomic E-state index is 3.51. The molecule has 0 aromatic heterocycles. The number of halogens is 1. The van der Waals surface area contributed by atoms with Crippen LogP contribution in [-0.4, -0.2) is 6.54 Å². The van der Waals surface area contributed by atoms with E-state index in [1.807, 2.05) is 0 Å². The third-order valence-corrected chi connectivity index (χ3v) is 3.53. The quantitative estimate of drug-likeness (QED) is 0.866. The molecule has 1 nitrogen and oxygen atoms in total. The van der Waals surface area contributed by atoms with E-state index in [9.17, 15) is 0 Å². The first kappa shape index (κ1) is 13.3. The lowest BCUT2D eigenvalue weighted by Gasteiger charge is -2.13. The number of rotatable bonds is 5. The summed E-state index contributed by atoms with van der Waals surface area (Å²) in [5, 5.41) is 3.51. The van der Waals surface area contributed by atoms with Gasteiger partial charge in [0.1, 0.15) is 0 Å². The van der Waals surface area contributed by atoms with E-state index in [2.05, 4.69) is 82.8 Å². The summed E-state index contributed by atoms with van der Waals surface area (Å²) in [6.45, 7) is 4.16. The summed E-state index contributed by atoms with van der Waals surface area (Å²) >= 11 is 3.49. The first-order chi connectivity index (χ1) is 8.75. The van der Waals surface area contributed by atoms with Crippen LogP contribution in [0.5, 0.6) is 0 Å². The van der Waals surface area contributed by atoms with Crippen LogP contribution in [0.1, 0.15) is 24.0 Å². The van der Waals surface area contributed by atoms with Gasteiger partial charge in [0.15, 0.2) is 0 Å². The molecule has 94 valence electrons. The van der Waals surface area contributed by atoms with Crippen LogP contribution in [-0.2, 0) is 6.54 Å². The average Bonchev–Trinajstić information content (AvgIpc) is 2.40. The Morgan fingerprint density at radius 1 is 1.06 bits per heavy atom. The summed E-state index contributed by atoms with van der Waals surface area (Å²) in [7, 11) is 0. The zero-order valence-corrected chi connectivity index (χ0v) is 12.2. The normalized spacial score (nSPS) is 12.3. The molecule has 0 saturated heterocycles. The summed E-state index contributed by atoms with van der Waals surface area (Å²) < 4.78 is 1.14. The van der Waals surface area contributed by atoms with Gasteiger partial charge in [0, 0.05) is 17.6 Å². The van der Waals surface area contributed by atoms with Gasteiger partial charge in [0.25, 0.3) is 0 Å². The first-order valence-electron chi connectivity index (χ1n) is 6.26. The Bertz CT molecular complexity index is 481. The number of nitrogens with one attached hydrogen (secondary N) is 1. The Morgan fingerprint density at radius 2 is 1.83 bits per heavy atom. The number of hydrogen-bond acceptors (Lipinski definition) is 1. The minimum Gasteiger partial charge on any atom is -0.312 e. The molecule has 1 atom stereocenters.